The fraction of sp³-hybridized carbons (Fsp3) is 0. The van der Waals surface area contributed by atoms with Gasteiger partial charge in [0, 0.05) is 33.8 Å². The van der Waals surface area contributed by atoms with Crippen molar-refractivity contribution in [2.45, 2.75) is 0 Å². The van der Waals surface area contributed by atoms with Crippen LogP contribution in [0.25, 0.3) is 89.2 Å². The van der Waals surface area contributed by atoms with Crippen LogP contribution < -0.4 is 0 Å². The molecule has 50 heavy (non-hydrogen) atoms. The number of hydrogen-bond acceptors (Lipinski definition) is 4. The number of hydrogen-bond donors (Lipinski definition) is 0. The van der Waals surface area contributed by atoms with Crippen LogP contribution in [0.2, 0.25) is 0 Å². The van der Waals surface area contributed by atoms with Crippen molar-refractivity contribution in [1.82, 2.24) is 19.9 Å². The van der Waals surface area contributed by atoms with Crippen molar-refractivity contribution >= 4 is 21.7 Å². The zero-order chi connectivity index (χ0) is 33.3. The SMILES string of the molecule is c1ccc(-c2nc(-c3ccccc3)nc(-c3ccc(-c4ccc5ccc(-c6ccc(-c7cccc8cccnc78)cc6)cc5c4)cc3)n2)cc1. The van der Waals surface area contributed by atoms with Crippen molar-refractivity contribution in [2.75, 3.05) is 0 Å². The first-order valence-electron chi connectivity index (χ1n) is 16.7. The summed E-state index contributed by atoms with van der Waals surface area (Å²) in [6.07, 6.45) is 1.86. The zero-order valence-electron chi connectivity index (χ0n) is 27.1. The first-order chi connectivity index (χ1) is 24.7. The molecule has 0 N–H and O–H groups in total. The summed E-state index contributed by atoms with van der Waals surface area (Å²) in [5.74, 6) is 1.96. The maximum absolute atomic E-state index is 4.89. The molecule has 0 bridgehead atoms. The van der Waals surface area contributed by atoms with Crippen LogP contribution in [-0.4, -0.2) is 19.9 Å². The third-order valence-corrected chi connectivity index (χ3v) is 9.18. The standard InChI is InChI=1S/C46H30N4/c1-3-9-36(10-4-1)44-48-45(37-11-5-2-6-12-37)50-46(49-44)38-24-18-32(19-25-38)40-27-21-33-20-26-39(29-41(33)30-40)31-16-22-34(23-17-31)42-15-7-13-35-14-8-28-47-43(35)42/h1-30H. The lowest BCUT2D eigenvalue weighted by molar-refractivity contribution is 1.07. The van der Waals surface area contributed by atoms with E-state index >= 15 is 0 Å². The summed E-state index contributed by atoms with van der Waals surface area (Å²) in [7, 11) is 0. The van der Waals surface area contributed by atoms with Crippen molar-refractivity contribution in [3.8, 4) is 67.5 Å². The van der Waals surface area contributed by atoms with Gasteiger partial charge in [0.2, 0.25) is 0 Å². The van der Waals surface area contributed by atoms with Crippen LogP contribution in [0.5, 0.6) is 0 Å². The van der Waals surface area contributed by atoms with Crippen molar-refractivity contribution in [3.63, 3.8) is 0 Å². The van der Waals surface area contributed by atoms with Gasteiger partial charge in [-0.05, 0) is 56.8 Å². The van der Waals surface area contributed by atoms with Gasteiger partial charge in [0.1, 0.15) is 0 Å². The molecule has 0 radical (unpaired) electrons. The molecule has 0 aliphatic rings. The van der Waals surface area contributed by atoms with Crippen molar-refractivity contribution in [3.05, 3.63) is 182 Å². The molecule has 0 saturated heterocycles. The number of benzene rings is 7. The maximum atomic E-state index is 4.89. The third-order valence-electron chi connectivity index (χ3n) is 9.18. The zero-order valence-corrected chi connectivity index (χ0v) is 27.1. The van der Waals surface area contributed by atoms with E-state index in [9.17, 15) is 0 Å². The monoisotopic (exact) mass is 638 g/mol. The van der Waals surface area contributed by atoms with Gasteiger partial charge < -0.3 is 0 Å². The van der Waals surface area contributed by atoms with E-state index in [1.165, 1.54) is 21.9 Å². The Morgan fingerprint density at radius 2 is 0.740 bits per heavy atom. The van der Waals surface area contributed by atoms with Crippen LogP contribution in [0, 0.1) is 0 Å². The van der Waals surface area contributed by atoms with Crippen LogP contribution in [0.15, 0.2) is 182 Å². The molecular formula is C46H30N4. The molecule has 0 spiro atoms. The summed E-state index contributed by atoms with van der Waals surface area (Å²) in [4.78, 5) is 19.3. The normalized spacial score (nSPS) is 11.2. The van der Waals surface area contributed by atoms with E-state index in [0.29, 0.717) is 17.5 Å². The number of para-hydroxylation sites is 1. The third kappa shape index (κ3) is 5.69. The Labute approximate surface area is 290 Å². The predicted octanol–water partition coefficient (Wildman–Crippen LogP) is 11.6. The van der Waals surface area contributed by atoms with E-state index in [1.807, 2.05) is 72.9 Å². The van der Waals surface area contributed by atoms with Crippen molar-refractivity contribution in [2.24, 2.45) is 0 Å². The summed E-state index contributed by atoms with van der Waals surface area (Å²) in [6, 6.07) is 61.2. The van der Waals surface area contributed by atoms with E-state index in [0.717, 1.165) is 49.8 Å². The van der Waals surface area contributed by atoms with E-state index in [1.54, 1.807) is 0 Å². The molecule has 234 valence electrons. The van der Waals surface area contributed by atoms with E-state index < -0.39 is 0 Å². The van der Waals surface area contributed by atoms with Gasteiger partial charge in [-0.25, -0.2) is 15.0 Å². The highest BCUT2D eigenvalue weighted by Crippen LogP contribution is 2.33. The predicted molar refractivity (Wildman–Crippen MR) is 205 cm³/mol. The molecule has 4 nitrogen and oxygen atoms in total. The fourth-order valence-electron chi connectivity index (χ4n) is 6.53. The largest absolute Gasteiger partial charge is 0.256 e. The second kappa shape index (κ2) is 12.7. The number of fused-ring (bicyclic) bond motifs is 2. The highest BCUT2D eigenvalue weighted by atomic mass is 15.0. The Balaban J connectivity index is 1.02. The Morgan fingerprint density at radius 1 is 0.280 bits per heavy atom. The van der Waals surface area contributed by atoms with Gasteiger partial charge in [-0.15, -0.1) is 0 Å². The van der Waals surface area contributed by atoms with E-state index in [2.05, 4.69) is 114 Å². The molecule has 0 atom stereocenters. The summed E-state index contributed by atoms with van der Waals surface area (Å²) >= 11 is 0. The molecule has 7 aromatic carbocycles. The lowest BCUT2D eigenvalue weighted by Gasteiger charge is -2.10. The maximum Gasteiger partial charge on any atom is 0.164 e. The van der Waals surface area contributed by atoms with Gasteiger partial charge in [-0.2, -0.15) is 0 Å². The van der Waals surface area contributed by atoms with Crippen molar-refractivity contribution in [1.29, 1.82) is 0 Å². The molecule has 0 unspecified atom stereocenters. The van der Waals surface area contributed by atoms with Gasteiger partial charge >= 0.3 is 0 Å². The van der Waals surface area contributed by atoms with Crippen LogP contribution in [0.4, 0.5) is 0 Å². The molecule has 0 aliphatic heterocycles. The van der Waals surface area contributed by atoms with Gasteiger partial charge in [0.05, 0.1) is 5.52 Å². The first-order valence-corrected chi connectivity index (χ1v) is 16.7. The Kier molecular flexibility index (Phi) is 7.45. The minimum absolute atomic E-state index is 0.648. The second-order valence-corrected chi connectivity index (χ2v) is 12.4. The molecule has 9 aromatic rings. The smallest absolute Gasteiger partial charge is 0.164 e. The van der Waals surface area contributed by atoms with Gasteiger partial charge in [0.15, 0.2) is 17.5 Å². The minimum Gasteiger partial charge on any atom is -0.256 e. The second-order valence-electron chi connectivity index (χ2n) is 12.4. The van der Waals surface area contributed by atoms with Gasteiger partial charge in [-0.1, -0.05) is 158 Å². The lowest BCUT2D eigenvalue weighted by Crippen LogP contribution is -2.00. The minimum atomic E-state index is 0.648. The summed E-state index contributed by atoms with van der Waals surface area (Å²) in [6.45, 7) is 0. The molecular weight excluding hydrogens is 609 g/mol. The summed E-state index contributed by atoms with van der Waals surface area (Å²) in [5, 5.41) is 3.55. The van der Waals surface area contributed by atoms with Crippen LogP contribution in [-0.2, 0) is 0 Å². The highest BCUT2D eigenvalue weighted by molar-refractivity contribution is 5.94. The average molecular weight is 639 g/mol. The molecule has 2 heterocycles. The van der Waals surface area contributed by atoms with E-state index in [-0.39, 0.29) is 0 Å². The molecule has 0 saturated carbocycles. The van der Waals surface area contributed by atoms with Crippen LogP contribution in [0.3, 0.4) is 0 Å². The van der Waals surface area contributed by atoms with Crippen LogP contribution >= 0.6 is 0 Å². The van der Waals surface area contributed by atoms with Gasteiger partial charge in [-0.3, -0.25) is 4.98 Å². The Hall–Kier alpha value is -6.78. The Morgan fingerprint density at radius 3 is 1.30 bits per heavy atom. The number of rotatable bonds is 6. The average Bonchev–Trinajstić information content (AvgIpc) is 3.21. The number of aromatic nitrogens is 4. The summed E-state index contributed by atoms with van der Waals surface area (Å²) in [5.41, 5.74) is 10.8. The molecule has 4 heteroatoms. The van der Waals surface area contributed by atoms with Crippen LogP contribution in [0.1, 0.15) is 0 Å². The molecule has 2 aromatic heterocycles. The first kappa shape index (κ1) is 29.4. The quantitative estimate of drug-likeness (QED) is 0.182. The Bertz CT molecular complexity index is 2550. The molecule has 0 amide bonds. The number of nitrogens with zero attached hydrogens (tertiary/aromatic N) is 4. The van der Waals surface area contributed by atoms with Crippen molar-refractivity contribution < 1.29 is 0 Å². The number of pyridine rings is 1. The topological polar surface area (TPSA) is 51.6 Å². The molecule has 0 fully saturated rings. The highest BCUT2D eigenvalue weighted by Gasteiger charge is 2.13. The lowest BCUT2D eigenvalue weighted by atomic mass is 9.95. The summed E-state index contributed by atoms with van der Waals surface area (Å²) < 4.78 is 0. The van der Waals surface area contributed by atoms with Gasteiger partial charge in [0.25, 0.3) is 0 Å². The fourth-order valence-corrected chi connectivity index (χ4v) is 6.53. The molecule has 0 aliphatic carbocycles. The van der Waals surface area contributed by atoms with E-state index in [4.69, 9.17) is 15.0 Å². The molecule has 9 rings (SSSR count).